The number of nitrogens with zero attached hydrogens (tertiary/aromatic N) is 2. The fraction of sp³-hybridized carbons (Fsp3) is 0.556. The molecule has 1 aromatic rings. The second-order valence-corrected chi connectivity index (χ2v) is 3.21. The van der Waals surface area contributed by atoms with Gasteiger partial charge in [-0.05, 0) is 0 Å². The normalized spacial score (nSPS) is 12.5. The summed E-state index contributed by atoms with van der Waals surface area (Å²) < 4.78 is 6.38. The molecule has 2 N–H and O–H groups in total. The first-order chi connectivity index (χ1) is 7.17. The lowest BCUT2D eigenvalue weighted by Gasteiger charge is -2.14. The van der Waals surface area contributed by atoms with E-state index in [1.807, 2.05) is 0 Å². The quantitative estimate of drug-likeness (QED) is 0.668. The second-order valence-electron chi connectivity index (χ2n) is 3.21. The number of aliphatic hydroxyl groups excluding tert-OH is 1. The highest BCUT2D eigenvalue weighted by molar-refractivity contribution is 5.93. The van der Waals surface area contributed by atoms with Gasteiger partial charge in [0, 0.05) is 20.4 Å². The highest BCUT2D eigenvalue weighted by atomic mass is 16.5. The second kappa shape index (κ2) is 5.47. The van der Waals surface area contributed by atoms with E-state index in [2.05, 4.69) is 10.4 Å². The van der Waals surface area contributed by atoms with Crippen LogP contribution in [-0.2, 0) is 11.8 Å². The minimum absolute atomic E-state index is 0.153. The first kappa shape index (κ1) is 11.7. The standard InChI is InChI=1S/C9H15N3O3/c1-12-4-7(3-10-12)9(14)11-8(5-13)6-15-2/h3-4,8,13H,5-6H2,1-2H3,(H,11,14). The Hall–Kier alpha value is -1.40. The van der Waals surface area contributed by atoms with E-state index in [0.717, 1.165) is 0 Å². The Balaban J connectivity index is 2.54. The van der Waals surface area contributed by atoms with Gasteiger partial charge in [0.1, 0.15) is 0 Å². The minimum atomic E-state index is -0.386. The number of hydrogen-bond donors (Lipinski definition) is 2. The third-order valence-electron chi connectivity index (χ3n) is 1.89. The van der Waals surface area contributed by atoms with Crippen LogP contribution in [0.2, 0.25) is 0 Å². The largest absolute Gasteiger partial charge is 0.394 e. The van der Waals surface area contributed by atoms with E-state index < -0.39 is 0 Å². The van der Waals surface area contributed by atoms with Crippen molar-refractivity contribution < 1.29 is 14.6 Å². The fourth-order valence-corrected chi connectivity index (χ4v) is 1.15. The molecule has 0 spiro atoms. The number of hydrogen-bond acceptors (Lipinski definition) is 4. The number of aromatic nitrogens is 2. The zero-order chi connectivity index (χ0) is 11.3. The van der Waals surface area contributed by atoms with E-state index in [1.165, 1.54) is 13.3 Å². The van der Waals surface area contributed by atoms with Crippen LogP contribution < -0.4 is 5.32 Å². The van der Waals surface area contributed by atoms with Crippen molar-refractivity contribution in [2.45, 2.75) is 6.04 Å². The number of methoxy groups -OCH3 is 1. The SMILES string of the molecule is COCC(CO)NC(=O)c1cnn(C)c1. The summed E-state index contributed by atoms with van der Waals surface area (Å²) in [5, 5.41) is 15.5. The number of aryl methyl sites for hydroxylation is 1. The third-order valence-corrected chi connectivity index (χ3v) is 1.89. The third kappa shape index (κ3) is 3.34. The van der Waals surface area contributed by atoms with Gasteiger partial charge in [-0.3, -0.25) is 9.48 Å². The Labute approximate surface area is 87.8 Å². The summed E-state index contributed by atoms with van der Waals surface area (Å²) in [6, 6.07) is -0.386. The molecule has 0 aliphatic rings. The maximum atomic E-state index is 11.6. The number of carbonyl (C=O) groups is 1. The lowest BCUT2D eigenvalue weighted by Crippen LogP contribution is -2.40. The van der Waals surface area contributed by atoms with Crippen molar-refractivity contribution in [3.63, 3.8) is 0 Å². The number of carbonyl (C=O) groups excluding carboxylic acids is 1. The summed E-state index contributed by atoms with van der Waals surface area (Å²) in [6.07, 6.45) is 3.08. The molecule has 1 aromatic heterocycles. The monoisotopic (exact) mass is 213 g/mol. The van der Waals surface area contributed by atoms with Gasteiger partial charge in [0.05, 0.1) is 31.0 Å². The smallest absolute Gasteiger partial charge is 0.254 e. The number of rotatable bonds is 5. The van der Waals surface area contributed by atoms with Gasteiger partial charge in [-0.25, -0.2) is 0 Å². The summed E-state index contributed by atoms with van der Waals surface area (Å²) in [4.78, 5) is 11.6. The molecule has 84 valence electrons. The van der Waals surface area contributed by atoms with Crippen LogP contribution in [-0.4, -0.2) is 47.2 Å². The lowest BCUT2D eigenvalue weighted by molar-refractivity contribution is 0.0839. The van der Waals surface area contributed by atoms with Crippen LogP contribution in [0.25, 0.3) is 0 Å². The zero-order valence-corrected chi connectivity index (χ0v) is 8.80. The topological polar surface area (TPSA) is 76.4 Å². The van der Waals surface area contributed by atoms with Gasteiger partial charge in [0.25, 0.3) is 5.91 Å². The van der Waals surface area contributed by atoms with Crippen LogP contribution in [0.3, 0.4) is 0 Å². The molecule has 0 aliphatic heterocycles. The van der Waals surface area contributed by atoms with Crippen LogP contribution >= 0.6 is 0 Å². The van der Waals surface area contributed by atoms with Gasteiger partial charge in [0.15, 0.2) is 0 Å². The van der Waals surface area contributed by atoms with Crippen LogP contribution in [0.15, 0.2) is 12.4 Å². The molecule has 1 rings (SSSR count). The molecule has 0 saturated carbocycles. The van der Waals surface area contributed by atoms with Gasteiger partial charge in [-0.2, -0.15) is 5.10 Å². The van der Waals surface area contributed by atoms with E-state index in [0.29, 0.717) is 5.56 Å². The Bertz CT molecular complexity index is 324. The van der Waals surface area contributed by atoms with Crippen molar-refractivity contribution >= 4 is 5.91 Å². The van der Waals surface area contributed by atoms with Crippen molar-refractivity contribution in [2.75, 3.05) is 20.3 Å². The van der Waals surface area contributed by atoms with E-state index in [-0.39, 0.29) is 25.2 Å². The predicted octanol–water partition coefficient (Wildman–Crippen LogP) is -0.843. The van der Waals surface area contributed by atoms with E-state index in [4.69, 9.17) is 9.84 Å². The summed E-state index contributed by atoms with van der Waals surface area (Å²) in [7, 11) is 3.24. The van der Waals surface area contributed by atoms with Crippen molar-refractivity contribution in [2.24, 2.45) is 7.05 Å². The Morgan fingerprint density at radius 1 is 1.80 bits per heavy atom. The van der Waals surface area contributed by atoms with Crippen molar-refractivity contribution in [3.05, 3.63) is 18.0 Å². The average molecular weight is 213 g/mol. The number of amides is 1. The molecule has 0 saturated heterocycles. The molecule has 6 nitrogen and oxygen atoms in total. The minimum Gasteiger partial charge on any atom is -0.394 e. The van der Waals surface area contributed by atoms with E-state index in [1.54, 1.807) is 17.9 Å². The highest BCUT2D eigenvalue weighted by Gasteiger charge is 2.13. The van der Waals surface area contributed by atoms with Crippen LogP contribution in [0, 0.1) is 0 Å². The first-order valence-electron chi connectivity index (χ1n) is 4.56. The predicted molar refractivity (Wildman–Crippen MR) is 53.4 cm³/mol. The summed E-state index contributed by atoms with van der Waals surface area (Å²) in [6.45, 7) is 0.127. The molecule has 0 aromatic carbocycles. The molecule has 0 radical (unpaired) electrons. The van der Waals surface area contributed by atoms with Gasteiger partial charge in [-0.1, -0.05) is 0 Å². The Morgan fingerprint density at radius 3 is 3.00 bits per heavy atom. The maximum absolute atomic E-state index is 11.6. The average Bonchev–Trinajstić information content (AvgIpc) is 2.64. The molecule has 0 aliphatic carbocycles. The molecule has 0 fully saturated rings. The van der Waals surface area contributed by atoms with Crippen LogP contribution in [0.4, 0.5) is 0 Å². The first-order valence-corrected chi connectivity index (χ1v) is 4.56. The van der Waals surface area contributed by atoms with E-state index in [9.17, 15) is 4.79 Å². The molecule has 1 heterocycles. The molecule has 15 heavy (non-hydrogen) atoms. The van der Waals surface area contributed by atoms with Gasteiger partial charge in [0.2, 0.25) is 0 Å². The summed E-state index contributed by atoms with van der Waals surface area (Å²) in [5.41, 5.74) is 0.465. The molecule has 0 bridgehead atoms. The number of nitrogens with one attached hydrogen (secondary N) is 1. The molecule has 1 atom stereocenters. The van der Waals surface area contributed by atoms with Gasteiger partial charge < -0.3 is 15.2 Å². The summed E-state index contributed by atoms with van der Waals surface area (Å²) >= 11 is 0. The van der Waals surface area contributed by atoms with Crippen LogP contribution in [0.1, 0.15) is 10.4 Å². The maximum Gasteiger partial charge on any atom is 0.254 e. The molecule has 1 unspecified atom stereocenters. The van der Waals surface area contributed by atoms with Gasteiger partial charge >= 0.3 is 0 Å². The fourth-order valence-electron chi connectivity index (χ4n) is 1.15. The summed E-state index contributed by atoms with van der Waals surface area (Å²) in [5.74, 6) is -0.265. The highest BCUT2D eigenvalue weighted by Crippen LogP contribution is 1.97. The molecule has 1 amide bonds. The van der Waals surface area contributed by atoms with Crippen LogP contribution in [0.5, 0.6) is 0 Å². The van der Waals surface area contributed by atoms with Gasteiger partial charge in [-0.15, -0.1) is 0 Å². The molecule has 6 heteroatoms. The molecular formula is C9H15N3O3. The lowest BCUT2D eigenvalue weighted by atomic mass is 10.3. The van der Waals surface area contributed by atoms with E-state index >= 15 is 0 Å². The number of aliphatic hydroxyl groups is 1. The van der Waals surface area contributed by atoms with Crippen molar-refractivity contribution in [1.29, 1.82) is 0 Å². The van der Waals surface area contributed by atoms with Crippen molar-refractivity contribution in [1.82, 2.24) is 15.1 Å². The molecular weight excluding hydrogens is 198 g/mol. The Morgan fingerprint density at radius 2 is 2.53 bits per heavy atom. The van der Waals surface area contributed by atoms with Crippen molar-refractivity contribution in [3.8, 4) is 0 Å². The zero-order valence-electron chi connectivity index (χ0n) is 8.80. The Kier molecular flexibility index (Phi) is 4.26. The number of ether oxygens (including phenoxy) is 1.